The predicted molar refractivity (Wildman–Crippen MR) is 116 cm³/mol. The Kier molecular flexibility index (Phi) is 5.38. The number of furan rings is 1. The zero-order chi connectivity index (χ0) is 21.2. The quantitative estimate of drug-likeness (QED) is 0.478. The molecule has 0 spiro atoms. The summed E-state index contributed by atoms with van der Waals surface area (Å²) in [6.45, 7) is 3.89. The Bertz CT molecular complexity index is 1220. The van der Waals surface area contributed by atoms with Gasteiger partial charge in [0.15, 0.2) is 0 Å². The molecule has 4 aromatic rings. The zero-order valence-corrected chi connectivity index (χ0v) is 17.7. The van der Waals surface area contributed by atoms with Gasteiger partial charge in [-0.3, -0.25) is 4.79 Å². The van der Waals surface area contributed by atoms with Gasteiger partial charge >= 0.3 is 0 Å². The second kappa shape index (κ2) is 8.47. The molecule has 0 bridgehead atoms. The van der Waals surface area contributed by atoms with Gasteiger partial charge in [0.1, 0.15) is 25.4 Å². The van der Waals surface area contributed by atoms with Crippen LogP contribution in [0, 0.1) is 6.92 Å². The highest BCUT2D eigenvalue weighted by atomic mass is 16.3. The fourth-order valence-electron chi connectivity index (χ4n) is 4.66. The fourth-order valence-corrected chi connectivity index (χ4v) is 4.66. The minimum absolute atomic E-state index is 0.0120. The van der Waals surface area contributed by atoms with E-state index in [0.29, 0.717) is 25.7 Å². The fraction of sp³-hybridized carbons (Fsp3) is 0.391. The van der Waals surface area contributed by atoms with Crippen molar-refractivity contribution in [1.29, 1.82) is 0 Å². The van der Waals surface area contributed by atoms with Crippen LogP contribution in [0.2, 0.25) is 0 Å². The summed E-state index contributed by atoms with van der Waals surface area (Å²) in [5.41, 5.74) is 2.86. The van der Waals surface area contributed by atoms with Crippen LogP contribution in [0.3, 0.4) is 0 Å². The van der Waals surface area contributed by atoms with Crippen LogP contribution in [-0.2, 0) is 19.6 Å². The van der Waals surface area contributed by atoms with E-state index in [4.69, 9.17) is 4.42 Å². The first-order valence-electron chi connectivity index (χ1n) is 10.9. The number of nitrogens with zero attached hydrogens (tertiary/aromatic N) is 4. The number of benzene rings is 1. The number of H-pyrrole nitrogens is 1. The molecule has 1 atom stereocenters. The highest BCUT2D eigenvalue weighted by molar-refractivity contribution is 5.79. The van der Waals surface area contributed by atoms with Crippen molar-refractivity contribution in [2.24, 2.45) is 0 Å². The summed E-state index contributed by atoms with van der Waals surface area (Å²) in [4.78, 5) is 17.2. The molecule has 1 fully saturated rings. The molecule has 3 heterocycles. The average Bonchev–Trinajstić information content (AvgIpc) is 3.52. The highest BCUT2D eigenvalue weighted by Gasteiger charge is 2.29. The van der Waals surface area contributed by atoms with Gasteiger partial charge in [-0.1, -0.05) is 11.6 Å². The molecular formula is C23H27N6O2+. The van der Waals surface area contributed by atoms with Gasteiger partial charge in [-0.2, -0.15) is 0 Å². The molecule has 160 valence electrons. The second-order valence-electron chi connectivity index (χ2n) is 8.54. The van der Waals surface area contributed by atoms with Gasteiger partial charge in [0.05, 0.1) is 17.9 Å². The molecule has 0 saturated heterocycles. The molecule has 5 rings (SSSR count). The van der Waals surface area contributed by atoms with E-state index in [1.165, 1.54) is 36.1 Å². The summed E-state index contributed by atoms with van der Waals surface area (Å²) in [6, 6.07) is 12.4. The Morgan fingerprint density at radius 3 is 2.87 bits per heavy atom. The lowest BCUT2D eigenvalue weighted by atomic mass is 10.1. The van der Waals surface area contributed by atoms with Crippen LogP contribution >= 0.6 is 0 Å². The smallest absolute Gasteiger partial charge is 0.257 e. The second-order valence-corrected chi connectivity index (χ2v) is 8.54. The molecule has 1 aliphatic rings. The standard InChI is InChI=1S/C23H26N6O2/c1-16-8-9-21-17(11-16)12-18(23(30)24-21)13-28(19-5-2-3-6-19)15-22-25-26-27-29(22)14-20-7-4-10-31-20/h4,7-12,19H,2-3,5-6,13-15H2,1H3,(H,24,30)/p+1. The highest BCUT2D eigenvalue weighted by Crippen LogP contribution is 2.17. The van der Waals surface area contributed by atoms with E-state index < -0.39 is 0 Å². The summed E-state index contributed by atoms with van der Waals surface area (Å²) in [5, 5.41) is 13.4. The monoisotopic (exact) mass is 419 g/mol. The summed E-state index contributed by atoms with van der Waals surface area (Å²) in [6.07, 6.45) is 6.46. The summed E-state index contributed by atoms with van der Waals surface area (Å²) >= 11 is 0. The normalized spacial score (nSPS) is 15.6. The maximum Gasteiger partial charge on any atom is 0.257 e. The minimum Gasteiger partial charge on any atom is -0.467 e. The number of aromatic nitrogens is 5. The van der Waals surface area contributed by atoms with Crippen LogP contribution in [0.5, 0.6) is 0 Å². The lowest BCUT2D eigenvalue weighted by Gasteiger charge is -2.25. The van der Waals surface area contributed by atoms with E-state index in [1.54, 1.807) is 10.9 Å². The number of rotatable bonds is 7. The van der Waals surface area contributed by atoms with Crippen LogP contribution in [0.4, 0.5) is 0 Å². The largest absolute Gasteiger partial charge is 0.467 e. The first kappa shape index (κ1) is 19.7. The minimum atomic E-state index is -0.0120. The number of pyridine rings is 1. The number of nitrogens with one attached hydrogen (secondary N) is 2. The number of aryl methyl sites for hydroxylation is 1. The van der Waals surface area contributed by atoms with E-state index in [-0.39, 0.29) is 5.56 Å². The van der Waals surface area contributed by atoms with E-state index in [9.17, 15) is 4.79 Å². The molecule has 31 heavy (non-hydrogen) atoms. The van der Waals surface area contributed by atoms with Crippen LogP contribution in [0.15, 0.2) is 51.9 Å². The Hall–Kier alpha value is -3.26. The van der Waals surface area contributed by atoms with Crippen molar-refractivity contribution in [3.05, 3.63) is 75.7 Å². The van der Waals surface area contributed by atoms with Crippen LogP contribution in [-0.4, -0.2) is 31.2 Å². The third-order valence-corrected chi connectivity index (χ3v) is 6.30. The van der Waals surface area contributed by atoms with Crippen molar-refractivity contribution in [3.8, 4) is 0 Å². The maximum atomic E-state index is 12.8. The Morgan fingerprint density at radius 2 is 2.06 bits per heavy atom. The van der Waals surface area contributed by atoms with Gasteiger partial charge in [0, 0.05) is 5.52 Å². The summed E-state index contributed by atoms with van der Waals surface area (Å²) in [5.74, 6) is 1.63. The van der Waals surface area contributed by atoms with Gasteiger partial charge in [-0.15, -0.1) is 5.10 Å². The summed E-state index contributed by atoms with van der Waals surface area (Å²) < 4.78 is 7.25. The molecule has 8 nitrogen and oxygen atoms in total. The SMILES string of the molecule is Cc1ccc2[nH]c(=O)c(C[NH+](Cc3nnnn3Cc3ccco3)C3CCCC3)cc2c1. The number of quaternary nitrogens is 1. The number of fused-ring (bicyclic) bond motifs is 1. The summed E-state index contributed by atoms with van der Waals surface area (Å²) in [7, 11) is 0. The lowest BCUT2D eigenvalue weighted by Crippen LogP contribution is -3.13. The molecular weight excluding hydrogens is 392 g/mol. The number of aromatic amines is 1. The average molecular weight is 420 g/mol. The molecule has 1 aliphatic carbocycles. The first-order chi connectivity index (χ1) is 15.2. The molecule has 0 radical (unpaired) electrons. The lowest BCUT2D eigenvalue weighted by molar-refractivity contribution is -0.952. The van der Waals surface area contributed by atoms with Crippen molar-refractivity contribution in [2.45, 2.75) is 58.3 Å². The Labute approximate surface area is 179 Å². The molecule has 2 N–H and O–H groups in total. The Morgan fingerprint density at radius 1 is 1.19 bits per heavy atom. The Balaban J connectivity index is 1.43. The first-order valence-corrected chi connectivity index (χ1v) is 10.9. The van der Waals surface area contributed by atoms with Gasteiger partial charge < -0.3 is 14.3 Å². The van der Waals surface area contributed by atoms with Gasteiger partial charge in [0.2, 0.25) is 5.82 Å². The van der Waals surface area contributed by atoms with Crippen molar-refractivity contribution in [1.82, 2.24) is 25.2 Å². The molecule has 0 amide bonds. The van der Waals surface area contributed by atoms with Crippen LogP contribution in [0.1, 0.15) is 48.4 Å². The van der Waals surface area contributed by atoms with E-state index >= 15 is 0 Å². The molecule has 3 aromatic heterocycles. The van der Waals surface area contributed by atoms with Crippen molar-refractivity contribution < 1.29 is 9.32 Å². The molecule has 1 aromatic carbocycles. The predicted octanol–water partition coefficient (Wildman–Crippen LogP) is 1.99. The third kappa shape index (κ3) is 4.29. The number of tetrazole rings is 1. The number of hydrogen-bond acceptors (Lipinski definition) is 5. The van der Waals surface area contributed by atoms with Crippen molar-refractivity contribution in [2.75, 3.05) is 0 Å². The van der Waals surface area contributed by atoms with Gasteiger partial charge in [-0.05, 0) is 78.8 Å². The van der Waals surface area contributed by atoms with Gasteiger partial charge in [0.25, 0.3) is 5.56 Å². The number of hydrogen-bond donors (Lipinski definition) is 2. The van der Waals surface area contributed by atoms with E-state index in [2.05, 4.69) is 33.5 Å². The van der Waals surface area contributed by atoms with Crippen LogP contribution in [0.25, 0.3) is 10.9 Å². The van der Waals surface area contributed by atoms with Crippen LogP contribution < -0.4 is 10.5 Å². The van der Waals surface area contributed by atoms with E-state index in [1.807, 2.05) is 30.3 Å². The topological polar surface area (TPSA) is 94.0 Å². The molecule has 1 unspecified atom stereocenters. The third-order valence-electron chi connectivity index (χ3n) is 6.30. The van der Waals surface area contributed by atoms with Gasteiger partial charge in [-0.25, -0.2) is 4.68 Å². The molecule has 8 heteroatoms. The van der Waals surface area contributed by atoms with Crippen molar-refractivity contribution in [3.63, 3.8) is 0 Å². The molecule has 1 saturated carbocycles. The van der Waals surface area contributed by atoms with Crippen molar-refractivity contribution >= 4 is 10.9 Å². The zero-order valence-electron chi connectivity index (χ0n) is 17.7. The molecule has 0 aliphatic heterocycles. The maximum absolute atomic E-state index is 12.8. The van der Waals surface area contributed by atoms with E-state index in [0.717, 1.165) is 28.1 Å².